The SMILES string of the molecule is CCc1cnc(CN(C)S(=O)(=O)c2cnc3c(c2)c(C)nn3C)s1. The number of pyridine rings is 1. The second-order valence-corrected chi connectivity index (χ2v) is 8.83. The molecular weight excluding hydrogens is 346 g/mol. The summed E-state index contributed by atoms with van der Waals surface area (Å²) in [4.78, 5) is 9.85. The highest BCUT2D eigenvalue weighted by molar-refractivity contribution is 7.89. The van der Waals surface area contributed by atoms with Gasteiger partial charge in [0.1, 0.15) is 9.90 Å². The summed E-state index contributed by atoms with van der Waals surface area (Å²) in [7, 11) is -0.287. The van der Waals surface area contributed by atoms with Crippen molar-refractivity contribution in [3.05, 3.63) is 34.0 Å². The molecule has 0 aliphatic rings. The second kappa shape index (κ2) is 6.23. The highest BCUT2D eigenvalue weighted by Gasteiger charge is 2.23. The van der Waals surface area contributed by atoms with Gasteiger partial charge in [-0.1, -0.05) is 6.92 Å². The van der Waals surface area contributed by atoms with Crippen LogP contribution in [0, 0.1) is 6.92 Å². The van der Waals surface area contributed by atoms with Crippen molar-refractivity contribution in [1.29, 1.82) is 0 Å². The van der Waals surface area contributed by atoms with Gasteiger partial charge in [-0.15, -0.1) is 11.3 Å². The molecular formula is C15H19N5O2S2. The van der Waals surface area contributed by atoms with Crippen molar-refractivity contribution in [2.24, 2.45) is 7.05 Å². The van der Waals surface area contributed by atoms with Crippen molar-refractivity contribution >= 4 is 32.4 Å². The topological polar surface area (TPSA) is 81.0 Å². The number of rotatable bonds is 5. The molecule has 0 N–H and O–H groups in total. The number of hydrogen-bond donors (Lipinski definition) is 0. The number of aromatic nitrogens is 4. The van der Waals surface area contributed by atoms with Gasteiger partial charge >= 0.3 is 0 Å². The molecule has 7 nitrogen and oxygen atoms in total. The summed E-state index contributed by atoms with van der Waals surface area (Å²) in [6.45, 7) is 4.14. The molecule has 0 unspecified atom stereocenters. The summed E-state index contributed by atoms with van der Waals surface area (Å²) < 4.78 is 28.6. The Kier molecular flexibility index (Phi) is 4.41. The molecule has 0 aromatic carbocycles. The molecule has 0 atom stereocenters. The molecule has 0 amide bonds. The van der Waals surface area contributed by atoms with Gasteiger partial charge in [0.05, 0.1) is 12.2 Å². The van der Waals surface area contributed by atoms with E-state index < -0.39 is 10.0 Å². The fraction of sp³-hybridized carbons (Fsp3) is 0.400. The lowest BCUT2D eigenvalue weighted by molar-refractivity contribution is 0.465. The van der Waals surface area contributed by atoms with Gasteiger partial charge in [0.2, 0.25) is 10.0 Å². The number of sulfonamides is 1. The van der Waals surface area contributed by atoms with Crippen LogP contribution in [0.15, 0.2) is 23.4 Å². The van der Waals surface area contributed by atoms with Crippen LogP contribution < -0.4 is 0 Å². The molecule has 3 rings (SSSR count). The molecule has 0 saturated heterocycles. The Labute approximate surface area is 145 Å². The standard InChI is InChI=1S/C15H19N5O2S2/c1-5-11-7-16-14(23-11)9-19(3)24(21,22)12-6-13-10(2)18-20(4)15(13)17-8-12/h6-8H,5,9H2,1-4H3. The largest absolute Gasteiger partial charge is 0.250 e. The van der Waals surface area contributed by atoms with E-state index in [0.29, 0.717) is 5.65 Å². The maximum Gasteiger partial charge on any atom is 0.244 e. The Balaban J connectivity index is 1.92. The zero-order valence-electron chi connectivity index (χ0n) is 14.0. The average Bonchev–Trinajstić information content (AvgIpc) is 3.12. The van der Waals surface area contributed by atoms with Crippen LogP contribution in [0.3, 0.4) is 0 Å². The zero-order chi connectivity index (χ0) is 17.5. The van der Waals surface area contributed by atoms with E-state index >= 15 is 0 Å². The lowest BCUT2D eigenvalue weighted by atomic mass is 10.3. The Bertz CT molecular complexity index is 991. The van der Waals surface area contributed by atoms with E-state index in [2.05, 4.69) is 22.0 Å². The van der Waals surface area contributed by atoms with Crippen LogP contribution in [-0.2, 0) is 30.0 Å². The predicted molar refractivity (Wildman–Crippen MR) is 93.4 cm³/mol. The third-order valence-corrected chi connectivity index (χ3v) is 6.75. The van der Waals surface area contributed by atoms with Gasteiger partial charge in [-0.3, -0.25) is 4.68 Å². The molecule has 0 saturated carbocycles. The summed E-state index contributed by atoms with van der Waals surface area (Å²) in [5.74, 6) is 0. The summed E-state index contributed by atoms with van der Waals surface area (Å²) in [6.07, 6.45) is 4.08. The fourth-order valence-electron chi connectivity index (χ4n) is 2.47. The Morgan fingerprint density at radius 1 is 1.29 bits per heavy atom. The van der Waals surface area contributed by atoms with Crippen LogP contribution in [0.25, 0.3) is 11.0 Å². The van der Waals surface area contributed by atoms with Gasteiger partial charge in [-0.05, 0) is 19.4 Å². The van der Waals surface area contributed by atoms with E-state index in [1.807, 2.05) is 6.92 Å². The van der Waals surface area contributed by atoms with E-state index in [4.69, 9.17) is 0 Å². The summed E-state index contributed by atoms with van der Waals surface area (Å²) in [5.41, 5.74) is 1.42. The van der Waals surface area contributed by atoms with Crippen LogP contribution in [0.2, 0.25) is 0 Å². The minimum atomic E-state index is -3.63. The lowest BCUT2D eigenvalue weighted by Crippen LogP contribution is -2.26. The van der Waals surface area contributed by atoms with Crippen LogP contribution in [0.5, 0.6) is 0 Å². The monoisotopic (exact) mass is 365 g/mol. The third kappa shape index (κ3) is 2.94. The molecule has 0 aliphatic carbocycles. The molecule has 9 heteroatoms. The molecule has 3 heterocycles. The first-order chi connectivity index (χ1) is 11.3. The van der Waals surface area contributed by atoms with Crippen molar-refractivity contribution in [3.63, 3.8) is 0 Å². The van der Waals surface area contributed by atoms with Crippen LogP contribution in [0.4, 0.5) is 0 Å². The predicted octanol–water partition coefficient (Wildman–Crippen LogP) is 2.12. The maximum absolute atomic E-state index is 12.8. The molecule has 128 valence electrons. The third-order valence-electron chi connectivity index (χ3n) is 3.85. The quantitative estimate of drug-likeness (QED) is 0.692. The summed E-state index contributed by atoms with van der Waals surface area (Å²) >= 11 is 1.53. The minimum Gasteiger partial charge on any atom is -0.250 e. The number of fused-ring (bicyclic) bond motifs is 1. The van der Waals surface area contributed by atoms with Crippen molar-refractivity contribution in [2.45, 2.75) is 31.7 Å². The second-order valence-electron chi connectivity index (χ2n) is 5.59. The van der Waals surface area contributed by atoms with E-state index in [1.165, 1.54) is 21.8 Å². The smallest absolute Gasteiger partial charge is 0.244 e. The first kappa shape index (κ1) is 17.0. The number of nitrogens with zero attached hydrogens (tertiary/aromatic N) is 5. The van der Waals surface area contributed by atoms with E-state index in [1.54, 1.807) is 31.0 Å². The maximum atomic E-state index is 12.8. The number of thiazole rings is 1. The van der Waals surface area contributed by atoms with Crippen LogP contribution in [0.1, 0.15) is 22.5 Å². The molecule has 0 spiro atoms. The first-order valence-electron chi connectivity index (χ1n) is 7.52. The van der Waals surface area contributed by atoms with Gasteiger partial charge in [0.15, 0.2) is 5.65 Å². The van der Waals surface area contributed by atoms with Gasteiger partial charge in [-0.25, -0.2) is 18.4 Å². The van der Waals surface area contributed by atoms with Gasteiger partial charge in [0, 0.05) is 36.8 Å². The number of aryl methyl sites for hydroxylation is 3. The Morgan fingerprint density at radius 2 is 2.04 bits per heavy atom. The normalized spacial score (nSPS) is 12.4. The molecule has 0 bridgehead atoms. The highest BCUT2D eigenvalue weighted by atomic mass is 32.2. The van der Waals surface area contributed by atoms with Crippen LogP contribution >= 0.6 is 11.3 Å². The van der Waals surface area contributed by atoms with Crippen molar-refractivity contribution in [2.75, 3.05) is 7.05 Å². The highest BCUT2D eigenvalue weighted by Crippen LogP contribution is 2.23. The molecule has 3 aromatic heterocycles. The molecule has 0 fully saturated rings. The van der Waals surface area contributed by atoms with E-state index in [-0.39, 0.29) is 11.4 Å². The fourth-order valence-corrected chi connectivity index (χ4v) is 4.57. The molecule has 3 aromatic rings. The van der Waals surface area contributed by atoms with Crippen LogP contribution in [-0.4, -0.2) is 39.5 Å². The van der Waals surface area contributed by atoms with Crippen molar-refractivity contribution < 1.29 is 8.42 Å². The van der Waals surface area contributed by atoms with E-state index in [9.17, 15) is 8.42 Å². The molecule has 24 heavy (non-hydrogen) atoms. The Morgan fingerprint density at radius 3 is 2.71 bits per heavy atom. The summed E-state index contributed by atoms with van der Waals surface area (Å²) in [5, 5.41) is 5.80. The van der Waals surface area contributed by atoms with E-state index in [0.717, 1.165) is 27.4 Å². The lowest BCUT2D eigenvalue weighted by Gasteiger charge is -2.15. The van der Waals surface area contributed by atoms with Crippen molar-refractivity contribution in [1.82, 2.24) is 24.1 Å². The average molecular weight is 365 g/mol. The molecule has 0 radical (unpaired) electrons. The summed E-state index contributed by atoms with van der Waals surface area (Å²) in [6, 6.07) is 1.63. The van der Waals surface area contributed by atoms with Gasteiger partial charge in [-0.2, -0.15) is 9.40 Å². The number of hydrogen-bond acceptors (Lipinski definition) is 6. The Hall–Kier alpha value is -1.84. The zero-order valence-corrected chi connectivity index (χ0v) is 15.6. The van der Waals surface area contributed by atoms with Crippen molar-refractivity contribution in [3.8, 4) is 0 Å². The first-order valence-corrected chi connectivity index (χ1v) is 9.78. The van der Waals surface area contributed by atoms with Gasteiger partial charge < -0.3 is 0 Å². The minimum absolute atomic E-state index is 0.167. The van der Waals surface area contributed by atoms with Gasteiger partial charge in [0.25, 0.3) is 0 Å². The molecule has 0 aliphatic heterocycles.